The van der Waals surface area contributed by atoms with Crippen LogP contribution in [-0.2, 0) is 11.3 Å². The van der Waals surface area contributed by atoms with E-state index >= 15 is 0 Å². The van der Waals surface area contributed by atoms with Crippen molar-refractivity contribution in [3.8, 4) is 11.6 Å². The van der Waals surface area contributed by atoms with E-state index in [0.29, 0.717) is 33.4 Å². The van der Waals surface area contributed by atoms with Crippen LogP contribution in [0.4, 0.5) is 0 Å². The lowest BCUT2D eigenvalue weighted by molar-refractivity contribution is 0.0465. The van der Waals surface area contributed by atoms with Crippen molar-refractivity contribution in [2.45, 2.75) is 31.4 Å². The van der Waals surface area contributed by atoms with Crippen molar-refractivity contribution < 1.29 is 18.7 Å². The van der Waals surface area contributed by atoms with Crippen LogP contribution in [0.15, 0.2) is 52.1 Å². The van der Waals surface area contributed by atoms with Crippen LogP contribution in [0.3, 0.4) is 0 Å². The molecule has 2 aromatic heterocycles. The van der Waals surface area contributed by atoms with Gasteiger partial charge in [-0.25, -0.2) is 14.8 Å². The average molecular weight is 438 g/mol. The smallest absolute Gasteiger partial charge is 0.343 e. The SMILES string of the molecule is CSc1nc(-c2ccco2)nc(C)c1C(=O)OCc1ccc(C(=O)N2CCCC2)cc1. The van der Waals surface area contributed by atoms with Gasteiger partial charge in [0.2, 0.25) is 0 Å². The Morgan fingerprint density at radius 1 is 1.13 bits per heavy atom. The Balaban J connectivity index is 1.44. The number of aromatic nitrogens is 2. The molecule has 3 aromatic rings. The number of ether oxygens (including phenoxy) is 1. The molecular formula is C23H23N3O4S. The molecule has 8 heteroatoms. The van der Waals surface area contributed by atoms with E-state index in [2.05, 4.69) is 9.97 Å². The number of nitrogens with zero attached hydrogens (tertiary/aromatic N) is 3. The summed E-state index contributed by atoms with van der Waals surface area (Å²) in [5.74, 6) is 0.545. The van der Waals surface area contributed by atoms with Gasteiger partial charge >= 0.3 is 5.97 Å². The molecule has 1 fully saturated rings. The van der Waals surface area contributed by atoms with Crippen LogP contribution in [0.25, 0.3) is 11.6 Å². The van der Waals surface area contributed by atoms with Gasteiger partial charge in [-0.15, -0.1) is 11.8 Å². The number of hydrogen-bond acceptors (Lipinski definition) is 7. The van der Waals surface area contributed by atoms with Crippen molar-refractivity contribution >= 4 is 23.6 Å². The predicted octanol–water partition coefficient (Wildman–Crippen LogP) is 4.36. The topological polar surface area (TPSA) is 85.5 Å². The maximum absolute atomic E-state index is 12.8. The number of furan rings is 1. The van der Waals surface area contributed by atoms with E-state index < -0.39 is 5.97 Å². The standard InChI is InChI=1S/C23H23N3O4S/c1-15-19(21(31-2)25-20(24-15)18-6-5-13-29-18)23(28)30-14-16-7-9-17(10-8-16)22(27)26-11-3-4-12-26/h5-10,13H,3-4,11-12,14H2,1-2H3. The molecule has 3 heterocycles. The monoisotopic (exact) mass is 437 g/mol. The first-order valence-corrected chi connectivity index (χ1v) is 11.3. The van der Waals surface area contributed by atoms with Gasteiger partial charge < -0.3 is 14.1 Å². The first-order chi connectivity index (χ1) is 15.1. The summed E-state index contributed by atoms with van der Waals surface area (Å²) in [7, 11) is 0. The molecule has 1 aliphatic heterocycles. The first-order valence-electron chi connectivity index (χ1n) is 10.1. The van der Waals surface area contributed by atoms with Gasteiger partial charge in [0.1, 0.15) is 17.2 Å². The van der Waals surface area contributed by atoms with E-state index in [1.54, 1.807) is 37.5 Å². The second kappa shape index (κ2) is 9.34. The summed E-state index contributed by atoms with van der Waals surface area (Å²) in [5.41, 5.74) is 2.34. The number of likely N-dealkylation sites (tertiary alicyclic amines) is 1. The molecule has 1 saturated heterocycles. The van der Waals surface area contributed by atoms with Gasteiger partial charge in [0, 0.05) is 18.7 Å². The Morgan fingerprint density at radius 3 is 2.52 bits per heavy atom. The van der Waals surface area contributed by atoms with Gasteiger partial charge in [-0.05, 0) is 55.9 Å². The highest BCUT2D eigenvalue weighted by atomic mass is 32.2. The molecule has 1 aromatic carbocycles. The number of esters is 1. The van der Waals surface area contributed by atoms with E-state index in [9.17, 15) is 9.59 Å². The fraction of sp³-hybridized carbons (Fsp3) is 0.304. The van der Waals surface area contributed by atoms with Crippen molar-refractivity contribution in [3.05, 3.63) is 65.0 Å². The van der Waals surface area contributed by atoms with Crippen molar-refractivity contribution in [1.29, 1.82) is 0 Å². The molecule has 31 heavy (non-hydrogen) atoms. The summed E-state index contributed by atoms with van der Waals surface area (Å²) in [6, 6.07) is 10.7. The van der Waals surface area contributed by atoms with Gasteiger partial charge in [0.25, 0.3) is 5.91 Å². The summed E-state index contributed by atoms with van der Waals surface area (Å²) < 4.78 is 10.9. The predicted molar refractivity (Wildman–Crippen MR) is 117 cm³/mol. The van der Waals surface area contributed by atoms with Crippen molar-refractivity contribution in [2.24, 2.45) is 0 Å². The molecule has 0 radical (unpaired) electrons. The van der Waals surface area contributed by atoms with Crippen molar-refractivity contribution in [3.63, 3.8) is 0 Å². The maximum atomic E-state index is 12.8. The zero-order valence-corrected chi connectivity index (χ0v) is 18.3. The molecule has 0 bridgehead atoms. The minimum Gasteiger partial charge on any atom is -0.461 e. The molecule has 7 nitrogen and oxygen atoms in total. The van der Waals surface area contributed by atoms with Crippen LogP contribution >= 0.6 is 11.8 Å². The summed E-state index contributed by atoms with van der Waals surface area (Å²) in [5, 5.41) is 0.537. The first kappa shape index (κ1) is 21.1. The summed E-state index contributed by atoms with van der Waals surface area (Å²) >= 11 is 1.35. The van der Waals surface area contributed by atoms with Crippen LogP contribution in [0.2, 0.25) is 0 Å². The molecule has 0 N–H and O–H groups in total. The summed E-state index contributed by atoms with van der Waals surface area (Å²) in [4.78, 5) is 35.9. The lowest BCUT2D eigenvalue weighted by atomic mass is 10.1. The van der Waals surface area contributed by atoms with Gasteiger partial charge in [0.15, 0.2) is 11.6 Å². The van der Waals surface area contributed by atoms with Crippen LogP contribution in [0.5, 0.6) is 0 Å². The number of amides is 1. The normalized spacial score (nSPS) is 13.4. The Morgan fingerprint density at radius 2 is 1.87 bits per heavy atom. The Kier molecular flexibility index (Phi) is 6.36. The van der Waals surface area contributed by atoms with Crippen LogP contribution in [0, 0.1) is 6.92 Å². The molecular weight excluding hydrogens is 414 g/mol. The van der Waals surface area contributed by atoms with E-state index in [1.807, 2.05) is 23.3 Å². The largest absolute Gasteiger partial charge is 0.461 e. The van der Waals surface area contributed by atoms with Crippen molar-refractivity contribution in [1.82, 2.24) is 14.9 Å². The number of carbonyl (C=O) groups is 2. The zero-order chi connectivity index (χ0) is 21.8. The lowest BCUT2D eigenvalue weighted by Crippen LogP contribution is -2.27. The highest BCUT2D eigenvalue weighted by Gasteiger charge is 2.22. The number of thioether (sulfide) groups is 1. The maximum Gasteiger partial charge on any atom is 0.343 e. The molecule has 4 rings (SSSR count). The zero-order valence-electron chi connectivity index (χ0n) is 17.5. The van der Waals surface area contributed by atoms with E-state index in [1.165, 1.54) is 11.8 Å². The third-order valence-electron chi connectivity index (χ3n) is 5.16. The average Bonchev–Trinajstić information content (AvgIpc) is 3.51. The molecule has 0 unspecified atom stereocenters. The minimum atomic E-state index is -0.481. The van der Waals surface area contributed by atoms with Crippen LogP contribution < -0.4 is 0 Å². The number of benzene rings is 1. The minimum absolute atomic E-state index is 0.0510. The van der Waals surface area contributed by atoms with Gasteiger partial charge in [-0.3, -0.25) is 4.79 Å². The molecule has 0 spiro atoms. The van der Waals surface area contributed by atoms with Gasteiger partial charge in [0.05, 0.1) is 12.0 Å². The fourth-order valence-electron chi connectivity index (χ4n) is 3.51. The number of rotatable bonds is 6. The van der Waals surface area contributed by atoms with Gasteiger partial charge in [-0.1, -0.05) is 12.1 Å². The second-order valence-electron chi connectivity index (χ2n) is 7.27. The third-order valence-corrected chi connectivity index (χ3v) is 5.84. The Labute approximate surface area is 184 Å². The fourth-order valence-corrected chi connectivity index (χ4v) is 4.13. The molecule has 1 aliphatic rings. The van der Waals surface area contributed by atoms with E-state index in [4.69, 9.17) is 9.15 Å². The molecule has 160 valence electrons. The molecule has 0 atom stereocenters. The van der Waals surface area contributed by atoms with E-state index in [0.717, 1.165) is 31.5 Å². The van der Waals surface area contributed by atoms with E-state index in [-0.39, 0.29) is 12.5 Å². The Bertz CT molecular complexity index is 1070. The van der Waals surface area contributed by atoms with Gasteiger partial charge in [-0.2, -0.15) is 0 Å². The highest BCUT2D eigenvalue weighted by molar-refractivity contribution is 7.98. The quantitative estimate of drug-likeness (QED) is 0.322. The van der Waals surface area contributed by atoms with Crippen LogP contribution in [-0.4, -0.2) is 46.1 Å². The number of aryl methyl sites for hydroxylation is 1. The third kappa shape index (κ3) is 4.64. The molecule has 1 amide bonds. The second-order valence-corrected chi connectivity index (χ2v) is 8.06. The lowest BCUT2D eigenvalue weighted by Gasteiger charge is -2.15. The number of hydrogen-bond donors (Lipinski definition) is 0. The van der Waals surface area contributed by atoms with Crippen LogP contribution in [0.1, 0.15) is 44.8 Å². The van der Waals surface area contributed by atoms with Crippen molar-refractivity contribution in [2.75, 3.05) is 19.3 Å². The molecule has 0 aliphatic carbocycles. The Hall–Kier alpha value is -3.13. The number of carbonyl (C=O) groups excluding carboxylic acids is 2. The molecule has 0 saturated carbocycles. The summed E-state index contributed by atoms with van der Waals surface area (Å²) in [6.07, 6.45) is 5.52. The highest BCUT2D eigenvalue weighted by Crippen LogP contribution is 2.26. The summed E-state index contributed by atoms with van der Waals surface area (Å²) in [6.45, 7) is 3.49.